The Morgan fingerprint density at radius 2 is 2.08 bits per heavy atom. The molecule has 26 heavy (non-hydrogen) atoms. The van der Waals surface area contributed by atoms with Gasteiger partial charge in [-0.1, -0.05) is 6.07 Å². The highest BCUT2D eigenvalue weighted by molar-refractivity contribution is 5.82. The van der Waals surface area contributed by atoms with Crippen LogP contribution in [0.2, 0.25) is 0 Å². The summed E-state index contributed by atoms with van der Waals surface area (Å²) in [6.07, 6.45) is 1.66. The van der Waals surface area contributed by atoms with Crippen LogP contribution in [0, 0.1) is 5.82 Å². The maximum absolute atomic E-state index is 13.4. The summed E-state index contributed by atoms with van der Waals surface area (Å²) in [7, 11) is 5.62. The molecule has 0 atom stereocenters. The van der Waals surface area contributed by atoms with Crippen molar-refractivity contribution in [1.29, 1.82) is 0 Å². The molecule has 3 aromatic rings. The zero-order valence-corrected chi connectivity index (χ0v) is 15.0. The van der Waals surface area contributed by atoms with Crippen molar-refractivity contribution in [2.24, 2.45) is 7.05 Å². The molecule has 1 aromatic carbocycles. The summed E-state index contributed by atoms with van der Waals surface area (Å²) >= 11 is 0. The van der Waals surface area contributed by atoms with Gasteiger partial charge in [0.05, 0.1) is 5.69 Å². The molecule has 0 aliphatic rings. The second-order valence-corrected chi connectivity index (χ2v) is 6.36. The van der Waals surface area contributed by atoms with Gasteiger partial charge in [0.1, 0.15) is 11.5 Å². The zero-order valence-electron chi connectivity index (χ0n) is 15.0. The number of hydrogen-bond donors (Lipinski definition) is 2. The minimum absolute atomic E-state index is 0.00124. The number of aromatic nitrogens is 3. The van der Waals surface area contributed by atoms with Crippen LogP contribution in [0.1, 0.15) is 0 Å². The van der Waals surface area contributed by atoms with Crippen molar-refractivity contribution < 1.29 is 4.39 Å². The van der Waals surface area contributed by atoms with Gasteiger partial charge in [0.25, 0.3) is 5.56 Å². The number of hydrogen-bond acceptors (Lipinski definition) is 6. The van der Waals surface area contributed by atoms with Crippen molar-refractivity contribution in [3.05, 3.63) is 46.6 Å². The number of nitrogens with two attached hydrogens (primary N) is 1. The van der Waals surface area contributed by atoms with Crippen LogP contribution < -0.4 is 16.6 Å². The lowest BCUT2D eigenvalue weighted by Crippen LogP contribution is -2.22. The number of nitrogen functional groups attached to an aromatic ring is 1. The fourth-order valence-electron chi connectivity index (χ4n) is 2.64. The average Bonchev–Trinajstić information content (AvgIpc) is 2.60. The van der Waals surface area contributed by atoms with Crippen molar-refractivity contribution in [2.75, 3.05) is 38.2 Å². The Bertz CT molecular complexity index is 1010. The average molecular weight is 356 g/mol. The van der Waals surface area contributed by atoms with Crippen molar-refractivity contribution in [3.63, 3.8) is 0 Å². The van der Waals surface area contributed by atoms with Crippen LogP contribution in [0.3, 0.4) is 0 Å². The minimum atomic E-state index is -0.511. The highest BCUT2D eigenvalue weighted by atomic mass is 19.1. The molecule has 0 radical (unpaired) electrons. The molecule has 2 aromatic heterocycles. The van der Waals surface area contributed by atoms with Crippen molar-refractivity contribution >= 4 is 22.7 Å². The number of rotatable bonds is 5. The van der Waals surface area contributed by atoms with E-state index in [1.807, 2.05) is 19.0 Å². The van der Waals surface area contributed by atoms with E-state index >= 15 is 0 Å². The van der Waals surface area contributed by atoms with Crippen LogP contribution in [0.15, 0.2) is 35.3 Å². The zero-order chi connectivity index (χ0) is 18.8. The molecule has 0 saturated carbocycles. The first kappa shape index (κ1) is 17.8. The van der Waals surface area contributed by atoms with E-state index in [1.54, 1.807) is 19.3 Å². The SMILES string of the molecule is CN(C)CCNc1ncc2cc(-c3ccc(F)c(N)c3)c(=O)n(C)c2n1. The van der Waals surface area contributed by atoms with Gasteiger partial charge in [-0.3, -0.25) is 9.36 Å². The van der Waals surface area contributed by atoms with Crippen LogP contribution in [0.5, 0.6) is 0 Å². The highest BCUT2D eigenvalue weighted by Gasteiger charge is 2.12. The number of anilines is 2. The summed E-state index contributed by atoms with van der Waals surface area (Å²) in [6.45, 7) is 1.53. The molecule has 3 N–H and O–H groups in total. The lowest BCUT2D eigenvalue weighted by Gasteiger charge is -2.12. The molecule has 8 heteroatoms. The van der Waals surface area contributed by atoms with E-state index in [4.69, 9.17) is 5.73 Å². The van der Waals surface area contributed by atoms with E-state index in [0.29, 0.717) is 34.7 Å². The molecule has 7 nitrogen and oxygen atoms in total. The fourth-order valence-corrected chi connectivity index (χ4v) is 2.64. The predicted octanol–water partition coefficient (Wildman–Crippen LogP) is 1.69. The number of pyridine rings is 1. The molecule has 2 heterocycles. The van der Waals surface area contributed by atoms with Gasteiger partial charge in [0.2, 0.25) is 5.95 Å². The Balaban J connectivity index is 2.02. The van der Waals surface area contributed by atoms with E-state index in [9.17, 15) is 9.18 Å². The van der Waals surface area contributed by atoms with Crippen molar-refractivity contribution in [1.82, 2.24) is 19.4 Å². The maximum atomic E-state index is 13.4. The third-order valence-electron chi connectivity index (χ3n) is 4.10. The number of nitrogens with one attached hydrogen (secondary N) is 1. The molecular weight excluding hydrogens is 335 g/mol. The van der Waals surface area contributed by atoms with E-state index in [-0.39, 0.29) is 11.2 Å². The Hall–Kier alpha value is -3.00. The lowest BCUT2D eigenvalue weighted by molar-refractivity contribution is 0.425. The number of nitrogens with zero attached hydrogens (tertiary/aromatic N) is 4. The van der Waals surface area contributed by atoms with Crippen LogP contribution in [-0.2, 0) is 7.05 Å². The van der Waals surface area contributed by atoms with Gasteiger partial charge in [0, 0.05) is 37.3 Å². The van der Waals surface area contributed by atoms with E-state index in [0.717, 1.165) is 6.54 Å². The van der Waals surface area contributed by atoms with Crippen molar-refractivity contribution in [2.45, 2.75) is 0 Å². The molecule has 0 aliphatic heterocycles. The summed E-state index contributed by atoms with van der Waals surface area (Å²) in [5.74, 6) is -0.0451. The quantitative estimate of drug-likeness (QED) is 0.676. The summed E-state index contributed by atoms with van der Waals surface area (Å²) in [5, 5.41) is 3.85. The summed E-state index contributed by atoms with van der Waals surface area (Å²) in [5.41, 5.74) is 6.89. The Labute approximate surface area is 150 Å². The Morgan fingerprint density at radius 1 is 1.31 bits per heavy atom. The smallest absolute Gasteiger partial charge is 0.259 e. The maximum Gasteiger partial charge on any atom is 0.259 e. The Morgan fingerprint density at radius 3 is 2.77 bits per heavy atom. The van der Waals surface area contributed by atoms with Crippen LogP contribution in [0.4, 0.5) is 16.0 Å². The van der Waals surface area contributed by atoms with Gasteiger partial charge in [0.15, 0.2) is 0 Å². The molecule has 0 aliphatic carbocycles. The molecule has 0 bridgehead atoms. The molecule has 0 amide bonds. The third-order valence-corrected chi connectivity index (χ3v) is 4.10. The number of benzene rings is 1. The lowest BCUT2D eigenvalue weighted by atomic mass is 10.1. The molecular formula is C18H21FN6O. The summed E-state index contributed by atoms with van der Waals surface area (Å²) in [4.78, 5) is 23.5. The van der Waals surface area contributed by atoms with Gasteiger partial charge in [-0.05, 0) is 37.9 Å². The topological polar surface area (TPSA) is 89.1 Å². The van der Waals surface area contributed by atoms with Gasteiger partial charge >= 0.3 is 0 Å². The van der Waals surface area contributed by atoms with E-state index < -0.39 is 5.82 Å². The molecule has 0 spiro atoms. The normalized spacial score (nSPS) is 11.3. The molecule has 0 saturated heterocycles. The van der Waals surface area contributed by atoms with Crippen LogP contribution >= 0.6 is 0 Å². The minimum Gasteiger partial charge on any atom is -0.396 e. The van der Waals surface area contributed by atoms with E-state index in [1.165, 1.54) is 22.8 Å². The first-order valence-corrected chi connectivity index (χ1v) is 8.17. The van der Waals surface area contributed by atoms with Gasteiger partial charge < -0.3 is 16.0 Å². The van der Waals surface area contributed by atoms with Gasteiger partial charge in [-0.2, -0.15) is 4.98 Å². The van der Waals surface area contributed by atoms with Gasteiger partial charge in [-0.25, -0.2) is 9.37 Å². The molecule has 3 rings (SSSR count). The van der Waals surface area contributed by atoms with Crippen LogP contribution in [-0.4, -0.2) is 46.6 Å². The van der Waals surface area contributed by atoms with Crippen molar-refractivity contribution in [3.8, 4) is 11.1 Å². The fraction of sp³-hybridized carbons (Fsp3) is 0.278. The van der Waals surface area contributed by atoms with Crippen LogP contribution in [0.25, 0.3) is 22.2 Å². The first-order valence-electron chi connectivity index (χ1n) is 8.17. The monoisotopic (exact) mass is 356 g/mol. The number of likely N-dealkylation sites (N-methyl/N-ethyl adjacent to an activating group) is 1. The second kappa shape index (κ2) is 7.09. The number of fused-ring (bicyclic) bond motifs is 1. The van der Waals surface area contributed by atoms with E-state index in [2.05, 4.69) is 15.3 Å². The summed E-state index contributed by atoms with van der Waals surface area (Å²) < 4.78 is 14.9. The Kier molecular flexibility index (Phi) is 4.85. The third kappa shape index (κ3) is 3.50. The second-order valence-electron chi connectivity index (χ2n) is 6.36. The predicted molar refractivity (Wildman–Crippen MR) is 102 cm³/mol. The summed E-state index contributed by atoms with van der Waals surface area (Å²) in [6, 6.07) is 5.94. The standard InChI is InChI=1S/C18H21FN6O/c1-24(2)7-6-21-18-22-10-12-8-13(17(26)25(3)16(12)23-18)11-4-5-14(19)15(20)9-11/h4-5,8-10H,6-7,20H2,1-3H3,(H,21,22,23). The molecule has 0 fully saturated rings. The highest BCUT2D eigenvalue weighted by Crippen LogP contribution is 2.23. The number of aryl methyl sites for hydroxylation is 1. The largest absolute Gasteiger partial charge is 0.396 e. The number of halogens is 1. The molecule has 136 valence electrons. The van der Waals surface area contributed by atoms with Gasteiger partial charge in [-0.15, -0.1) is 0 Å². The first-order chi connectivity index (χ1) is 12.4. The molecule has 0 unspecified atom stereocenters.